The highest BCUT2D eigenvalue weighted by Gasteiger charge is 2.24. The molecule has 1 aliphatic heterocycles. The standard InChI is InChI=1S/C11H12N2O2/c14-7-3-6-12-10-8-4-1-2-5-9(8)13-11(10)15/h1-2,4-5,14H,3,6-7H2,(H,12,13,15). The van der Waals surface area contributed by atoms with Gasteiger partial charge < -0.3 is 10.4 Å². The van der Waals surface area contributed by atoms with Crippen LogP contribution >= 0.6 is 0 Å². The number of anilines is 1. The largest absolute Gasteiger partial charge is 0.396 e. The highest BCUT2D eigenvalue weighted by molar-refractivity contribution is 6.53. The van der Waals surface area contributed by atoms with E-state index in [1.165, 1.54) is 0 Å². The molecule has 0 atom stereocenters. The zero-order chi connectivity index (χ0) is 10.7. The Morgan fingerprint density at radius 3 is 2.93 bits per heavy atom. The summed E-state index contributed by atoms with van der Waals surface area (Å²) in [6.45, 7) is 0.577. The Morgan fingerprint density at radius 2 is 2.13 bits per heavy atom. The average Bonchev–Trinajstić information content (AvgIpc) is 2.56. The summed E-state index contributed by atoms with van der Waals surface area (Å²) in [6, 6.07) is 7.46. The molecule has 2 rings (SSSR count). The number of carbonyl (C=O) groups excluding carboxylic acids is 1. The van der Waals surface area contributed by atoms with E-state index in [1.807, 2.05) is 24.3 Å². The fourth-order valence-corrected chi connectivity index (χ4v) is 1.52. The predicted molar refractivity (Wildman–Crippen MR) is 58.2 cm³/mol. The maximum atomic E-state index is 11.5. The Morgan fingerprint density at radius 1 is 1.33 bits per heavy atom. The quantitative estimate of drug-likeness (QED) is 0.716. The highest BCUT2D eigenvalue weighted by Crippen LogP contribution is 2.22. The van der Waals surface area contributed by atoms with Crippen molar-refractivity contribution >= 4 is 17.3 Å². The van der Waals surface area contributed by atoms with Gasteiger partial charge in [-0.25, -0.2) is 0 Å². The van der Waals surface area contributed by atoms with Gasteiger partial charge in [-0.15, -0.1) is 0 Å². The van der Waals surface area contributed by atoms with E-state index >= 15 is 0 Å². The topological polar surface area (TPSA) is 61.7 Å². The van der Waals surface area contributed by atoms with E-state index < -0.39 is 0 Å². The molecule has 1 aromatic carbocycles. The monoisotopic (exact) mass is 204 g/mol. The molecule has 0 aromatic heterocycles. The number of amides is 1. The predicted octanol–water partition coefficient (Wildman–Crippen LogP) is 0.810. The lowest BCUT2D eigenvalue weighted by Crippen LogP contribution is -2.15. The number of nitrogens with zero attached hydrogens (tertiary/aromatic N) is 1. The fraction of sp³-hybridized carbons (Fsp3) is 0.273. The fourth-order valence-electron chi connectivity index (χ4n) is 1.52. The average molecular weight is 204 g/mol. The van der Waals surface area contributed by atoms with E-state index in [4.69, 9.17) is 5.11 Å². The van der Waals surface area contributed by atoms with Crippen molar-refractivity contribution in [3.8, 4) is 0 Å². The summed E-state index contributed by atoms with van der Waals surface area (Å²) >= 11 is 0. The van der Waals surface area contributed by atoms with Crippen LogP contribution in [-0.2, 0) is 4.79 Å². The number of hydrogen-bond acceptors (Lipinski definition) is 3. The molecule has 4 nitrogen and oxygen atoms in total. The number of aliphatic imine (C=N–C) groups is 1. The second-order valence-corrected chi connectivity index (χ2v) is 3.31. The van der Waals surface area contributed by atoms with Crippen LogP contribution in [0.1, 0.15) is 12.0 Å². The number of para-hydroxylation sites is 1. The minimum absolute atomic E-state index is 0.0973. The third kappa shape index (κ3) is 1.89. The zero-order valence-corrected chi connectivity index (χ0v) is 8.23. The molecule has 0 saturated carbocycles. The molecule has 0 fully saturated rings. The van der Waals surface area contributed by atoms with Crippen LogP contribution in [-0.4, -0.2) is 29.9 Å². The van der Waals surface area contributed by atoms with Gasteiger partial charge in [-0.2, -0.15) is 0 Å². The molecule has 0 spiro atoms. The number of carbonyl (C=O) groups is 1. The second kappa shape index (κ2) is 4.23. The van der Waals surface area contributed by atoms with Gasteiger partial charge in [-0.1, -0.05) is 18.2 Å². The number of aliphatic hydroxyl groups is 1. The summed E-state index contributed by atoms with van der Waals surface area (Å²) in [5.41, 5.74) is 2.13. The molecule has 78 valence electrons. The number of hydrogen-bond donors (Lipinski definition) is 2. The van der Waals surface area contributed by atoms with Crippen LogP contribution in [0, 0.1) is 0 Å². The van der Waals surface area contributed by atoms with Gasteiger partial charge in [0.05, 0.1) is 5.69 Å². The molecule has 0 bridgehead atoms. The van der Waals surface area contributed by atoms with Crippen molar-refractivity contribution in [2.45, 2.75) is 6.42 Å². The Kier molecular flexibility index (Phi) is 2.78. The van der Waals surface area contributed by atoms with Gasteiger partial charge in [0.25, 0.3) is 5.91 Å². The Balaban J connectivity index is 2.26. The van der Waals surface area contributed by atoms with Crippen LogP contribution < -0.4 is 5.32 Å². The SMILES string of the molecule is O=C1Nc2ccccc2C1=NCCCO. The van der Waals surface area contributed by atoms with Gasteiger partial charge in [-0.3, -0.25) is 9.79 Å². The lowest BCUT2D eigenvalue weighted by molar-refractivity contribution is -0.110. The highest BCUT2D eigenvalue weighted by atomic mass is 16.3. The Bertz CT molecular complexity index is 413. The van der Waals surface area contributed by atoms with E-state index in [2.05, 4.69) is 10.3 Å². The number of aliphatic hydroxyl groups excluding tert-OH is 1. The van der Waals surface area contributed by atoms with Crippen LogP contribution in [0.5, 0.6) is 0 Å². The Labute approximate surface area is 87.7 Å². The van der Waals surface area contributed by atoms with Crippen LogP contribution in [0.2, 0.25) is 0 Å². The van der Waals surface area contributed by atoms with Gasteiger partial charge in [0.2, 0.25) is 0 Å². The summed E-state index contributed by atoms with van der Waals surface area (Å²) < 4.78 is 0. The number of fused-ring (bicyclic) bond motifs is 1. The summed E-state index contributed by atoms with van der Waals surface area (Å²) in [5, 5.41) is 11.4. The first-order valence-corrected chi connectivity index (χ1v) is 4.89. The molecule has 1 aliphatic rings. The van der Waals surface area contributed by atoms with Crippen molar-refractivity contribution in [3.05, 3.63) is 29.8 Å². The molecule has 4 heteroatoms. The van der Waals surface area contributed by atoms with Crippen LogP contribution in [0.15, 0.2) is 29.3 Å². The molecule has 0 aliphatic carbocycles. The van der Waals surface area contributed by atoms with Crippen molar-refractivity contribution in [2.24, 2.45) is 4.99 Å². The Hall–Kier alpha value is -1.68. The maximum Gasteiger partial charge on any atom is 0.274 e. The van der Waals surface area contributed by atoms with E-state index in [9.17, 15) is 4.79 Å². The van der Waals surface area contributed by atoms with E-state index in [0.29, 0.717) is 18.7 Å². The van der Waals surface area contributed by atoms with Crippen molar-refractivity contribution in [1.82, 2.24) is 0 Å². The first-order chi connectivity index (χ1) is 7.33. The van der Waals surface area contributed by atoms with E-state index in [0.717, 1.165) is 11.3 Å². The minimum atomic E-state index is -0.158. The summed E-state index contributed by atoms with van der Waals surface area (Å²) in [6.07, 6.45) is 0.582. The van der Waals surface area contributed by atoms with E-state index in [1.54, 1.807) is 0 Å². The third-order valence-electron chi connectivity index (χ3n) is 2.23. The molecule has 0 saturated heterocycles. The van der Waals surface area contributed by atoms with Crippen molar-refractivity contribution < 1.29 is 9.90 Å². The zero-order valence-electron chi connectivity index (χ0n) is 8.23. The maximum absolute atomic E-state index is 11.5. The van der Waals surface area contributed by atoms with Crippen molar-refractivity contribution in [2.75, 3.05) is 18.5 Å². The van der Waals surface area contributed by atoms with Crippen LogP contribution in [0.25, 0.3) is 0 Å². The van der Waals surface area contributed by atoms with Crippen molar-refractivity contribution in [3.63, 3.8) is 0 Å². The molecule has 0 unspecified atom stereocenters. The lowest BCUT2D eigenvalue weighted by atomic mass is 10.1. The van der Waals surface area contributed by atoms with Gasteiger partial charge >= 0.3 is 0 Å². The molecule has 15 heavy (non-hydrogen) atoms. The first kappa shape index (κ1) is 9.86. The first-order valence-electron chi connectivity index (χ1n) is 4.89. The van der Waals surface area contributed by atoms with Gasteiger partial charge in [0.15, 0.2) is 0 Å². The lowest BCUT2D eigenvalue weighted by Gasteiger charge is -1.96. The molecule has 0 radical (unpaired) electrons. The number of nitrogens with one attached hydrogen (secondary N) is 1. The normalized spacial score (nSPS) is 16.6. The number of benzene rings is 1. The molecule has 1 heterocycles. The van der Waals surface area contributed by atoms with Gasteiger partial charge in [0, 0.05) is 18.7 Å². The van der Waals surface area contributed by atoms with Gasteiger partial charge in [-0.05, 0) is 12.5 Å². The minimum Gasteiger partial charge on any atom is -0.396 e. The second-order valence-electron chi connectivity index (χ2n) is 3.31. The van der Waals surface area contributed by atoms with Crippen LogP contribution in [0.3, 0.4) is 0 Å². The molecular weight excluding hydrogens is 192 g/mol. The van der Waals surface area contributed by atoms with Crippen LogP contribution in [0.4, 0.5) is 5.69 Å². The molecule has 1 aromatic rings. The summed E-state index contributed by atoms with van der Waals surface area (Å²) in [5.74, 6) is -0.158. The summed E-state index contributed by atoms with van der Waals surface area (Å²) in [4.78, 5) is 15.7. The number of rotatable bonds is 3. The molecule has 2 N–H and O–H groups in total. The summed E-state index contributed by atoms with van der Waals surface area (Å²) in [7, 11) is 0. The smallest absolute Gasteiger partial charge is 0.274 e. The van der Waals surface area contributed by atoms with Crippen molar-refractivity contribution in [1.29, 1.82) is 0 Å². The third-order valence-corrected chi connectivity index (χ3v) is 2.23. The van der Waals surface area contributed by atoms with E-state index in [-0.39, 0.29) is 12.5 Å². The molecular formula is C11H12N2O2. The van der Waals surface area contributed by atoms with Gasteiger partial charge in [0.1, 0.15) is 5.71 Å². The molecule has 1 amide bonds.